The maximum Gasteiger partial charge on any atom is 0.220 e. The van der Waals surface area contributed by atoms with Crippen LogP contribution in [0.1, 0.15) is 25.3 Å². The number of hydrogen-bond donors (Lipinski definition) is 1. The normalized spacial score (nSPS) is 11.8. The summed E-state index contributed by atoms with van der Waals surface area (Å²) < 4.78 is 0. The monoisotopic (exact) mass is 233 g/mol. The van der Waals surface area contributed by atoms with Gasteiger partial charge in [0.25, 0.3) is 0 Å². The molecule has 3 nitrogen and oxygen atoms in total. The van der Waals surface area contributed by atoms with Crippen LogP contribution >= 0.6 is 0 Å². The first-order valence-electron chi connectivity index (χ1n) is 6.02. The van der Waals surface area contributed by atoms with E-state index in [9.17, 15) is 9.59 Å². The fraction of sp³-hybridized carbons (Fsp3) is 0.429. The summed E-state index contributed by atoms with van der Waals surface area (Å²) in [5, 5.41) is 2.79. The summed E-state index contributed by atoms with van der Waals surface area (Å²) in [6.07, 6.45) is 2.69. The number of rotatable bonds is 7. The van der Waals surface area contributed by atoms with E-state index in [-0.39, 0.29) is 18.2 Å². The van der Waals surface area contributed by atoms with Gasteiger partial charge in [-0.05, 0) is 18.4 Å². The average molecular weight is 233 g/mol. The number of nitrogens with one attached hydrogen (secondary N) is 1. The number of carbonyl (C=O) groups excluding carboxylic acids is 2. The Balaban J connectivity index is 2.44. The van der Waals surface area contributed by atoms with Crippen molar-refractivity contribution in [1.82, 2.24) is 5.32 Å². The van der Waals surface area contributed by atoms with E-state index in [2.05, 4.69) is 5.32 Å². The summed E-state index contributed by atoms with van der Waals surface area (Å²) in [6, 6.07) is 9.76. The van der Waals surface area contributed by atoms with Gasteiger partial charge in [-0.25, -0.2) is 0 Å². The van der Waals surface area contributed by atoms with Gasteiger partial charge in [-0.3, -0.25) is 4.79 Å². The second-order valence-corrected chi connectivity index (χ2v) is 4.14. The summed E-state index contributed by atoms with van der Waals surface area (Å²) in [7, 11) is 0. The molecule has 17 heavy (non-hydrogen) atoms. The van der Waals surface area contributed by atoms with Crippen LogP contribution in [-0.2, 0) is 16.0 Å². The molecule has 0 bridgehead atoms. The molecule has 0 fully saturated rings. The quantitative estimate of drug-likeness (QED) is 0.732. The van der Waals surface area contributed by atoms with Gasteiger partial charge >= 0.3 is 0 Å². The molecule has 0 aromatic heterocycles. The van der Waals surface area contributed by atoms with Crippen molar-refractivity contribution in [3.05, 3.63) is 35.9 Å². The maximum absolute atomic E-state index is 11.5. The number of amides is 1. The van der Waals surface area contributed by atoms with Crippen molar-refractivity contribution in [3.63, 3.8) is 0 Å². The Labute approximate surface area is 102 Å². The largest absolute Gasteiger partial charge is 0.356 e. The number of benzene rings is 1. The molecule has 0 unspecified atom stereocenters. The highest BCUT2D eigenvalue weighted by Gasteiger charge is 2.13. The van der Waals surface area contributed by atoms with Crippen LogP contribution in [0.2, 0.25) is 0 Å². The first-order chi connectivity index (χ1) is 8.26. The van der Waals surface area contributed by atoms with E-state index in [0.29, 0.717) is 13.0 Å². The van der Waals surface area contributed by atoms with Crippen molar-refractivity contribution >= 4 is 12.2 Å². The fourth-order valence-corrected chi connectivity index (χ4v) is 1.66. The van der Waals surface area contributed by atoms with E-state index in [1.165, 1.54) is 0 Å². The second kappa shape index (κ2) is 7.60. The van der Waals surface area contributed by atoms with Crippen molar-refractivity contribution in [2.24, 2.45) is 5.92 Å². The summed E-state index contributed by atoms with van der Waals surface area (Å²) in [5.74, 6) is -0.269. The van der Waals surface area contributed by atoms with E-state index >= 15 is 0 Å². The molecule has 0 saturated heterocycles. The topological polar surface area (TPSA) is 46.2 Å². The van der Waals surface area contributed by atoms with Crippen LogP contribution in [0.4, 0.5) is 0 Å². The maximum atomic E-state index is 11.5. The minimum absolute atomic E-state index is 0.0418. The van der Waals surface area contributed by atoms with E-state index < -0.39 is 0 Å². The Morgan fingerprint density at radius 2 is 2.06 bits per heavy atom. The Morgan fingerprint density at radius 1 is 1.35 bits per heavy atom. The summed E-state index contributed by atoms with van der Waals surface area (Å²) >= 11 is 0. The highest BCUT2D eigenvalue weighted by molar-refractivity contribution is 5.79. The Hall–Kier alpha value is -1.64. The lowest BCUT2D eigenvalue weighted by atomic mass is 9.97. The predicted molar refractivity (Wildman–Crippen MR) is 67.6 cm³/mol. The zero-order valence-corrected chi connectivity index (χ0v) is 10.2. The van der Waals surface area contributed by atoms with E-state index in [1.54, 1.807) is 0 Å². The zero-order chi connectivity index (χ0) is 12.5. The van der Waals surface area contributed by atoms with Gasteiger partial charge in [0.2, 0.25) is 5.91 Å². The van der Waals surface area contributed by atoms with Gasteiger partial charge in [0.15, 0.2) is 0 Å². The molecule has 0 aliphatic carbocycles. The molecule has 1 N–H and O–H groups in total. The highest BCUT2D eigenvalue weighted by atomic mass is 16.1. The van der Waals surface area contributed by atoms with Gasteiger partial charge in [0.05, 0.1) is 0 Å². The highest BCUT2D eigenvalue weighted by Crippen LogP contribution is 2.10. The van der Waals surface area contributed by atoms with Gasteiger partial charge in [-0.2, -0.15) is 0 Å². The SMILES string of the molecule is CCCNC(=O)C[C@H](C=O)Cc1ccccc1. The lowest BCUT2D eigenvalue weighted by Gasteiger charge is -2.10. The molecule has 0 aliphatic rings. The third-order valence-electron chi connectivity index (χ3n) is 2.55. The first kappa shape index (κ1) is 13.4. The predicted octanol–water partition coefficient (Wildman–Crippen LogP) is 1.96. The third kappa shape index (κ3) is 5.29. The molecule has 0 radical (unpaired) electrons. The molecule has 1 aromatic rings. The molecule has 1 aromatic carbocycles. The second-order valence-electron chi connectivity index (χ2n) is 4.14. The molecule has 0 spiro atoms. The van der Waals surface area contributed by atoms with Gasteiger partial charge in [0, 0.05) is 18.9 Å². The molecule has 1 amide bonds. The summed E-state index contributed by atoms with van der Waals surface area (Å²) in [6.45, 7) is 2.68. The number of aldehydes is 1. The standard InChI is InChI=1S/C14H19NO2/c1-2-8-15-14(17)10-13(11-16)9-12-6-4-3-5-7-12/h3-7,11,13H,2,8-10H2,1H3,(H,15,17)/t13-/m1/s1. The van der Waals surface area contributed by atoms with Crippen LogP contribution in [0.15, 0.2) is 30.3 Å². The Kier molecular flexibility index (Phi) is 6.00. The van der Waals surface area contributed by atoms with Gasteiger partial charge in [-0.1, -0.05) is 37.3 Å². The van der Waals surface area contributed by atoms with Crippen LogP contribution in [0, 0.1) is 5.92 Å². The minimum atomic E-state index is -0.228. The smallest absolute Gasteiger partial charge is 0.220 e. The van der Waals surface area contributed by atoms with Gasteiger partial charge < -0.3 is 10.1 Å². The number of carbonyl (C=O) groups is 2. The van der Waals surface area contributed by atoms with Crippen LogP contribution in [0.5, 0.6) is 0 Å². The first-order valence-corrected chi connectivity index (χ1v) is 6.02. The van der Waals surface area contributed by atoms with Gasteiger partial charge in [-0.15, -0.1) is 0 Å². The summed E-state index contributed by atoms with van der Waals surface area (Å²) in [4.78, 5) is 22.4. The van der Waals surface area contributed by atoms with E-state index in [0.717, 1.165) is 18.3 Å². The van der Waals surface area contributed by atoms with E-state index in [1.807, 2.05) is 37.3 Å². The van der Waals surface area contributed by atoms with Crippen LogP contribution in [-0.4, -0.2) is 18.7 Å². The van der Waals surface area contributed by atoms with Crippen molar-refractivity contribution < 1.29 is 9.59 Å². The van der Waals surface area contributed by atoms with Crippen LogP contribution < -0.4 is 5.32 Å². The average Bonchev–Trinajstić information content (AvgIpc) is 2.36. The Bertz CT molecular complexity index is 348. The molecular formula is C14H19NO2. The van der Waals surface area contributed by atoms with E-state index in [4.69, 9.17) is 0 Å². The third-order valence-corrected chi connectivity index (χ3v) is 2.55. The van der Waals surface area contributed by atoms with Crippen molar-refractivity contribution in [2.75, 3.05) is 6.54 Å². The molecule has 0 heterocycles. The Morgan fingerprint density at radius 3 is 2.65 bits per heavy atom. The van der Waals surface area contributed by atoms with Crippen LogP contribution in [0.3, 0.4) is 0 Å². The molecule has 92 valence electrons. The van der Waals surface area contributed by atoms with Crippen molar-refractivity contribution in [3.8, 4) is 0 Å². The fourth-order valence-electron chi connectivity index (χ4n) is 1.66. The zero-order valence-electron chi connectivity index (χ0n) is 10.2. The molecule has 0 aliphatic heterocycles. The number of hydrogen-bond acceptors (Lipinski definition) is 2. The van der Waals surface area contributed by atoms with Crippen molar-refractivity contribution in [1.29, 1.82) is 0 Å². The molecular weight excluding hydrogens is 214 g/mol. The molecule has 1 atom stereocenters. The molecule has 0 saturated carbocycles. The molecule has 1 rings (SSSR count). The summed E-state index contributed by atoms with van der Waals surface area (Å²) in [5.41, 5.74) is 1.09. The van der Waals surface area contributed by atoms with Crippen LogP contribution in [0.25, 0.3) is 0 Å². The minimum Gasteiger partial charge on any atom is -0.356 e. The lowest BCUT2D eigenvalue weighted by Crippen LogP contribution is -2.27. The lowest BCUT2D eigenvalue weighted by molar-refractivity contribution is -0.124. The van der Waals surface area contributed by atoms with Crippen molar-refractivity contribution in [2.45, 2.75) is 26.2 Å². The molecule has 3 heteroatoms. The van der Waals surface area contributed by atoms with Gasteiger partial charge in [0.1, 0.15) is 6.29 Å².